The number of fused-ring (bicyclic) bond motifs is 1. The summed E-state index contributed by atoms with van der Waals surface area (Å²) in [5.41, 5.74) is 0. The van der Waals surface area contributed by atoms with Gasteiger partial charge in [-0.05, 0) is 25.8 Å². The molecule has 0 bridgehead atoms. The average Bonchev–Trinajstić information content (AvgIpc) is 2.73. The van der Waals surface area contributed by atoms with Crippen LogP contribution in [0.4, 0.5) is 0 Å². The zero-order chi connectivity index (χ0) is 12.3. The topological polar surface area (TPSA) is 49.4 Å². The van der Waals surface area contributed by atoms with E-state index in [1.54, 1.807) is 6.92 Å². The molecule has 2 unspecified atom stereocenters. The molecule has 2 fully saturated rings. The van der Waals surface area contributed by atoms with Crippen molar-refractivity contribution < 1.29 is 8.42 Å². The van der Waals surface area contributed by atoms with Gasteiger partial charge in [0.25, 0.3) is 0 Å². The Morgan fingerprint density at radius 2 is 2.06 bits per heavy atom. The molecule has 0 saturated carbocycles. The third kappa shape index (κ3) is 3.42. The molecule has 2 heterocycles. The molecule has 2 aliphatic rings. The molecule has 0 radical (unpaired) electrons. The quantitative estimate of drug-likeness (QED) is 0.788. The Bertz CT molecular complexity index is 342. The SMILES string of the molecule is CCS(=O)(=O)CCNC1CCN2CCCCC12. The van der Waals surface area contributed by atoms with E-state index in [2.05, 4.69) is 10.2 Å². The van der Waals surface area contributed by atoms with Crippen molar-refractivity contribution in [1.29, 1.82) is 0 Å². The van der Waals surface area contributed by atoms with Gasteiger partial charge in [0.1, 0.15) is 0 Å². The van der Waals surface area contributed by atoms with Crippen LogP contribution >= 0.6 is 0 Å². The summed E-state index contributed by atoms with van der Waals surface area (Å²) in [5.74, 6) is 0.543. The van der Waals surface area contributed by atoms with Gasteiger partial charge in [-0.2, -0.15) is 0 Å². The molecule has 0 aromatic rings. The Kier molecular flexibility index (Phi) is 4.44. The van der Waals surface area contributed by atoms with Crippen LogP contribution in [0.15, 0.2) is 0 Å². The zero-order valence-corrected chi connectivity index (χ0v) is 11.5. The van der Waals surface area contributed by atoms with E-state index in [0.29, 0.717) is 18.6 Å². The highest BCUT2D eigenvalue weighted by Gasteiger charge is 2.34. The summed E-state index contributed by atoms with van der Waals surface area (Å²) in [6, 6.07) is 1.18. The maximum atomic E-state index is 11.4. The molecule has 2 rings (SSSR count). The van der Waals surface area contributed by atoms with E-state index in [0.717, 1.165) is 0 Å². The Labute approximate surface area is 105 Å². The molecular weight excluding hydrogens is 236 g/mol. The second kappa shape index (κ2) is 5.67. The Morgan fingerprint density at radius 1 is 1.24 bits per heavy atom. The molecule has 0 spiro atoms. The fraction of sp³-hybridized carbons (Fsp3) is 1.00. The summed E-state index contributed by atoms with van der Waals surface area (Å²) in [4.78, 5) is 2.56. The van der Waals surface area contributed by atoms with Gasteiger partial charge in [0.05, 0.1) is 5.75 Å². The lowest BCUT2D eigenvalue weighted by Gasteiger charge is -2.32. The number of nitrogens with zero attached hydrogens (tertiary/aromatic N) is 1. The predicted octanol–water partition coefficient (Wildman–Crippen LogP) is 0.638. The maximum absolute atomic E-state index is 11.4. The third-order valence-corrected chi connectivity index (χ3v) is 5.82. The standard InChI is InChI=1S/C12H24N2O2S/c1-2-17(15,16)10-7-13-11-6-9-14-8-4-3-5-12(11)14/h11-13H,2-10H2,1H3. The number of piperidine rings is 1. The highest BCUT2D eigenvalue weighted by molar-refractivity contribution is 7.91. The van der Waals surface area contributed by atoms with Gasteiger partial charge in [-0.15, -0.1) is 0 Å². The van der Waals surface area contributed by atoms with Gasteiger partial charge in [-0.3, -0.25) is 4.90 Å². The van der Waals surface area contributed by atoms with Crippen molar-refractivity contribution in [1.82, 2.24) is 10.2 Å². The number of sulfone groups is 1. The lowest BCUT2D eigenvalue weighted by molar-refractivity contribution is 0.181. The lowest BCUT2D eigenvalue weighted by Crippen LogP contribution is -2.45. The van der Waals surface area contributed by atoms with Crippen molar-refractivity contribution in [3.8, 4) is 0 Å². The lowest BCUT2D eigenvalue weighted by atomic mass is 9.99. The zero-order valence-electron chi connectivity index (χ0n) is 10.7. The normalized spacial score (nSPS) is 30.4. The molecule has 2 saturated heterocycles. The van der Waals surface area contributed by atoms with Crippen molar-refractivity contribution >= 4 is 9.84 Å². The third-order valence-electron chi connectivity index (χ3n) is 4.12. The van der Waals surface area contributed by atoms with Crippen molar-refractivity contribution in [3.05, 3.63) is 0 Å². The summed E-state index contributed by atoms with van der Waals surface area (Å²) in [6.07, 6.45) is 5.11. The van der Waals surface area contributed by atoms with E-state index < -0.39 is 9.84 Å². The first-order valence-electron chi connectivity index (χ1n) is 6.80. The molecule has 5 heteroatoms. The first kappa shape index (κ1) is 13.3. The Morgan fingerprint density at radius 3 is 2.82 bits per heavy atom. The average molecular weight is 260 g/mol. The molecule has 0 aromatic heterocycles. The Hall–Kier alpha value is -0.130. The van der Waals surface area contributed by atoms with Crippen LogP contribution < -0.4 is 5.32 Å². The molecule has 0 amide bonds. The van der Waals surface area contributed by atoms with Crippen molar-refractivity contribution in [2.45, 2.75) is 44.7 Å². The van der Waals surface area contributed by atoms with Crippen LogP contribution in [-0.2, 0) is 9.84 Å². The van der Waals surface area contributed by atoms with Crippen LogP contribution in [0.25, 0.3) is 0 Å². The van der Waals surface area contributed by atoms with Gasteiger partial charge in [0, 0.05) is 30.9 Å². The van der Waals surface area contributed by atoms with E-state index in [9.17, 15) is 8.42 Å². The molecule has 1 N–H and O–H groups in total. The van der Waals surface area contributed by atoms with Crippen molar-refractivity contribution in [2.75, 3.05) is 31.1 Å². The molecular formula is C12H24N2O2S. The molecule has 2 aliphatic heterocycles. The fourth-order valence-electron chi connectivity index (χ4n) is 3.03. The monoisotopic (exact) mass is 260 g/mol. The van der Waals surface area contributed by atoms with Gasteiger partial charge < -0.3 is 5.32 Å². The highest BCUT2D eigenvalue weighted by Crippen LogP contribution is 2.26. The summed E-state index contributed by atoms with van der Waals surface area (Å²) in [6.45, 7) is 4.75. The van der Waals surface area contributed by atoms with Gasteiger partial charge in [0.15, 0.2) is 9.84 Å². The first-order chi connectivity index (χ1) is 8.12. The van der Waals surface area contributed by atoms with Crippen LogP contribution in [0.1, 0.15) is 32.6 Å². The molecule has 4 nitrogen and oxygen atoms in total. The number of hydrogen-bond acceptors (Lipinski definition) is 4. The minimum Gasteiger partial charge on any atom is -0.311 e. The summed E-state index contributed by atoms with van der Waals surface area (Å²) in [5, 5.41) is 3.45. The minimum absolute atomic E-state index is 0.259. The molecule has 100 valence electrons. The van der Waals surface area contributed by atoms with Crippen LogP contribution in [0.3, 0.4) is 0 Å². The second-order valence-electron chi connectivity index (χ2n) is 5.18. The first-order valence-corrected chi connectivity index (χ1v) is 8.62. The summed E-state index contributed by atoms with van der Waals surface area (Å²) >= 11 is 0. The van der Waals surface area contributed by atoms with E-state index in [4.69, 9.17) is 0 Å². The van der Waals surface area contributed by atoms with Gasteiger partial charge in [-0.1, -0.05) is 13.3 Å². The maximum Gasteiger partial charge on any atom is 0.151 e. The largest absolute Gasteiger partial charge is 0.311 e. The van der Waals surface area contributed by atoms with E-state index in [-0.39, 0.29) is 11.5 Å². The molecule has 17 heavy (non-hydrogen) atoms. The van der Waals surface area contributed by atoms with Crippen LogP contribution in [-0.4, -0.2) is 56.5 Å². The summed E-state index contributed by atoms with van der Waals surface area (Å²) in [7, 11) is -2.82. The fourth-order valence-corrected chi connectivity index (χ4v) is 3.75. The predicted molar refractivity (Wildman–Crippen MR) is 69.9 cm³/mol. The Balaban J connectivity index is 1.76. The van der Waals surface area contributed by atoms with Crippen LogP contribution in [0.5, 0.6) is 0 Å². The van der Waals surface area contributed by atoms with Gasteiger partial charge in [0.2, 0.25) is 0 Å². The number of rotatable bonds is 5. The van der Waals surface area contributed by atoms with Crippen molar-refractivity contribution in [2.24, 2.45) is 0 Å². The highest BCUT2D eigenvalue weighted by atomic mass is 32.2. The van der Waals surface area contributed by atoms with E-state index >= 15 is 0 Å². The summed E-state index contributed by atoms with van der Waals surface area (Å²) < 4.78 is 22.8. The molecule has 2 atom stereocenters. The van der Waals surface area contributed by atoms with E-state index in [1.807, 2.05) is 0 Å². The number of hydrogen-bond donors (Lipinski definition) is 1. The van der Waals surface area contributed by atoms with Crippen LogP contribution in [0, 0.1) is 0 Å². The molecule has 0 aromatic carbocycles. The second-order valence-corrected chi connectivity index (χ2v) is 7.66. The molecule has 0 aliphatic carbocycles. The van der Waals surface area contributed by atoms with Gasteiger partial charge >= 0.3 is 0 Å². The number of nitrogens with one attached hydrogen (secondary N) is 1. The van der Waals surface area contributed by atoms with Gasteiger partial charge in [-0.25, -0.2) is 8.42 Å². The van der Waals surface area contributed by atoms with Crippen molar-refractivity contribution in [3.63, 3.8) is 0 Å². The minimum atomic E-state index is -2.82. The van der Waals surface area contributed by atoms with Crippen LogP contribution in [0.2, 0.25) is 0 Å². The smallest absolute Gasteiger partial charge is 0.151 e. The van der Waals surface area contributed by atoms with E-state index in [1.165, 1.54) is 38.8 Å².